The highest BCUT2D eigenvalue weighted by atomic mass is 35.5. The lowest BCUT2D eigenvalue weighted by Gasteiger charge is -2.10. The van der Waals surface area contributed by atoms with Gasteiger partial charge in [-0.05, 0) is 204 Å². The van der Waals surface area contributed by atoms with Crippen LogP contribution in [-0.4, -0.2) is 228 Å². The molecule has 0 saturated heterocycles. The molecule has 0 aliphatic rings. The van der Waals surface area contributed by atoms with Crippen molar-refractivity contribution in [1.29, 1.82) is 0 Å². The van der Waals surface area contributed by atoms with E-state index < -0.39 is 0 Å². The van der Waals surface area contributed by atoms with E-state index in [1.807, 2.05) is 250 Å². The molecule has 22 heteroatoms. The van der Waals surface area contributed by atoms with Crippen LogP contribution in [0.1, 0.15) is 116 Å². The van der Waals surface area contributed by atoms with E-state index in [4.69, 9.17) is 84.4 Å². The summed E-state index contributed by atoms with van der Waals surface area (Å²) in [5.41, 5.74) is 4.42. The topological polar surface area (TPSA) is 195 Å². The van der Waals surface area contributed by atoms with Crippen molar-refractivity contribution in [2.24, 2.45) is 0 Å². The maximum Gasteiger partial charge on any atom is 0.150 e. The van der Waals surface area contributed by atoms with Crippen LogP contribution in [0.4, 0.5) is 0 Å². The maximum atomic E-state index is 10.4. The van der Waals surface area contributed by atoms with Crippen LogP contribution in [0.2, 0.25) is 0 Å². The van der Waals surface area contributed by atoms with Crippen molar-refractivity contribution in [3.63, 3.8) is 0 Å². The number of halogens is 5. The second-order valence-corrected chi connectivity index (χ2v) is 21.0. The molecule has 0 amide bonds. The number of carbonyl (C=O) groups excluding carboxylic acids is 1. The zero-order chi connectivity index (χ0) is 76.2. The van der Waals surface area contributed by atoms with Gasteiger partial charge in [0.05, 0.1) is 19.8 Å². The summed E-state index contributed by atoms with van der Waals surface area (Å²) in [6.07, 6.45) is 0.823. The van der Waals surface area contributed by atoms with E-state index in [-0.39, 0.29) is 61.9 Å². The number of hydrogen-bond donors (Lipinski definition) is 6. The van der Waals surface area contributed by atoms with Gasteiger partial charge in [0.2, 0.25) is 0 Å². The molecule has 0 aliphatic carbocycles. The fourth-order valence-corrected chi connectivity index (χ4v) is 6.33. The van der Waals surface area contributed by atoms with Crippen LogP contribution >= 0.6 is 59.6 Å². The van der Waals surface area contributed by atoms with E-state index in [0.29, 0.717) is 37.9 Å². The van der Waals surface area contributed by atoms with Gasteiger partial charge in [-0.2, -0.15) is 0 Å². The Labute approximate surface area is 630 Å². The minimum absolute atomic E-state index is 0. The smallest absolute Gasteiger partial charge is 0.150 e. The Balaban J connectivity index is -0.000000113. The van der Waals surface area contributed by atoms with Gasteiger partial charge in [0.1, 0.15) is 73.0 Å². The van der Waals surface area contributed by atoms with Crippen molar-refractivity contribution in [2.75, 3.05) is 162 Å². The van der Waals surface area contributed by atoms with Crippen molar-refractivity contribution >= 4 is 65.9 Å². The molecule has 576 valence electrons. The number of nitrogens with zero attached hydrogens (tertiary/aromatic N) is 6. The number of aliphatic hydroxyl groups excluding tert-OH is 3. The molecule has 6 aromatic carbocycles. The van der Waals surface area contributed by atoms with E-state index in [1.165, 1.54) is 24.3 Å². The number of alkyl halides is 3. The first kappa shape index (κ1) is 115. The predicted octanol–water partition coefficient (Wildman–Crippen LogP) is 16.6. The van der Waals surface area contributed by atoms with Gasteiger partial charge < -0.3 is 79.0 Å². The van der Waals surface area contributed by atoms with Gasteiger partial charge in [0.25, 0.3) is 0 Å². The van der Waals surface area contributed by atoms with E-state index in [0.717, 1.165) is 103 Å². The van der Waals surface area contributed by atoms with Crippen LogP contribution in [-0.2, 0) is 25.7 Å². The lowest BCUT2D eigenvalue weighted by Crippen LogP contribution is -2.19. The number of carbonyl (C=O) groups is 1. The molecule has 99 heavy (non-hydrogen) atoms. The quantitative estimate of drug-likeness (QED) is 0.0180. The Bertz CT molecular complexity index is 2270. The molecule has 0 fully saturated rings. The molecule has 17 nitrogen and oxygen atoms in total. The lowest BCUT2D eigenvalue weighted by atomic mass is 10.2. The van der Waals surface area contributed by atoms with Gasteiger partial charge in [0.15, 0.2) is 0 Å². The molecule has 6 aromatic rings. The first-order chi connectivity index (χ1) is 46.5. The number of aliphatic hydroxyl groups is 3. The number of phenolic OH excluding ortho intramolecular Hbond substituents is 3. The first-order valence-corrected chi connectivity index (χ1v) is 35.1. The Morgan fingerprint density at radius 1 is 0.303 bits per heavy atom. The zero-order valence-electron chi connectivity index (χ0n) is 65.1. The lowest BCUT2D eigenvalue weighted by molar-refractivity contribution is 0.112. The standard InChI is InChI=1S/C11H16ClNO.2C11H17NO2.C11H15NO2.C7H8O2.C6H6O2.2C4H10ClN.6C2H6.2ClH/c1-13(2)7-8-14-11-5-3-10(9-12)4-6-11;3*1-12(2)7-8-14-11-5-3-10(9-13)4-6-11;8-5-6-1-3-7(9)4-2-6;7-5-1-2-6(8)4-3-5;2*1-6(2)4-3-5;6*1-2;;/h3-6H,7-9H2,1-2H3;2*3-6,13H,7-9H2,1-2H3;3-6,9H,7-8H2,1-2H3;1-4,8-9H,5H2;1-4,7-8H;2*3-4H2,1-2H3;6*1-2H3;2*1H. The summed E-state index contributed by atoms with van der Waals surface area (Å²) < 4.78 is 22.0. The summed E-state index contributed by atoms with van der Waals surface area (Å²) >= 11 is 16.4. The second-order valence-electron chi connectivity index (χ2n) is 20.0. The molecule has 0 unspecified atom stereocenters. The summed E-state index contributed by atoms with van der Waals surface area (Å²) in [6, 6.07) is 42.1. The minimum atomic E-state index is 0. The molecule has 0 heterocycles. The van der Waals surface area contributed by atoms with Crippen molar-refractivity contribution in [1.82, 2.24) is 29.4 Å². The first-order valence-electron chi connectivity index (χ1n) is 33.5. The van der Waals surface area contributed by atoms with Crippen molar-refractivity contribution in [2.45, 2.75) is 109 Å². The third-order valence-corrected chi connectivity index (χ3v) is 11.2. The highest BCUT2D eigenvalue weighted by molar-refractivity contribution is 6.18. The van der Waals surface area contributed by atoms with Gasteiger partial charge >= 0.3 is 0 Å². The van der Waals surface area contributed by atoms with Crippen LogP contribution in [0, 0.1) is 0 Å². The van der Waals surface area contributed by atoms with Gasteiger partial charge in [-0.3, -0.25) is 4.79 Å². The monoisotopic (exact) mass is 1500 g/mol. The number of benzene rings is 6. The van der Waals surface area contributed by atoms with Gasteiger partial charge in [-0.25, -0.2) is 0 Å². The number of rotatable bonds is 25. The summed E-state index contributed by atoms with van der Waals surface area (Å²) in [5, 5.41) is 52.3. The number of likely N-dealkylation sites (N-methyl/N-ethyl adjacent to an activating group) is 4. The summed E-state index contributed by atoms with van der Waals surface area (Å²) in [6.45, 7) is 32.5. The predicted molar refractivity (Wildman–Crippen MR) is 434 cm³/mol. The largest absolute Gasteiger partial charge is 0.508 e. The molecular formula is C77H137Cl5N6O11. The van der Waals surface area contributed by atoms with E-state index in [1.54, 1.807) is 48.5 Å². The van der Waals surface area contributed by atoms with Gasteiger partial charge in [0, 0.05) is 62.5 Å². The Kier molecular flexibility index (Phi) is 103. The molecule has 0 aliphatic heterocycles. The van der Waals surface area contributed by atoms with Gasteiger partial charge in [-0.1, -0.05) is 132 Å². The molecule has 6 N–H and O–H groups in total. The van der Waals surface area contributed by atoms with Crippen molar-refractivity contribution in [3.05, 3.63) is 173 Å². The van der Waals surface area contributed by atoms with Crippen LogP contribution in [0.15, 0.2) is 146 Å². The average Bonchev–Trinajstić information content (AvgIpc) is 1.20. The van der Waals surface area contributed by atoms with E-state index in [9.17, 15) is 4.79 Å². The Morgan fingerprint density at radius 3 is 0.646 bits per heavy atom. The van der Waals surface area contributed by atoms with Crippen molar-refractivity contribution in [3.8, 4) is 40.2 Å². The Hall–Kier alpha value is -5.32. The molecule has 0 saturated carbocycles. The number of phenols is 3. The normalized spacial score (nSPS) is 9.09. The summed E-state index contributed by atoms with van der Waals surface area (Å²) in [7, 11) is 24.1. The van der Waals surface area contributed by atoms with Gasteiger partial charge in [-0.15, -0.1) is 59.6 Å². The molecule has 0 radical (unpaired) electrons. The zero-order valence-corrected chi connectivity index (χ0v) is 69.0. The van der Waals surface area contributed by atoms with Crippen LogP contribution in [0.5, 0.6) is 40.2 Å². The second kappa shape index (κ2) is 88.8. The molecule has 0 spiro atoms. The molecular weight excluding hydrogens is 1360 g/mol. The number of hydrogen-bond acceptors (Lipinski definition) is 17. The van der Waals surface area contributed by atoms with E-state index >= 15 is 0 Å². The third kappa shape index (κ3) is 85.0. The van der Waals surface area contributed by atoms with Crippen LogP contribution in [0.25, 0.3) is 0 Å². The summed E-state index contributed by atoms with van der Waals surface area (Å²) in [5.74, 6) is 5.99. The van der Waals surface area contributed by atoms with Crippen LogP contribution in [0.3, 0.4) is 0 Å². The average molecular weight is 1500 g/mol. The van der Waals surface area contributed by atoms with Crippen LogP contribution < -0.4 is 18.9 Å². The number of aromatic hydroxyl groups is 3. The Morgan fingerprint density at radius 2 is 0.485 bits per heavy atom. The summed E-state index contributed by atoms with van der Waals surface area (Å²) in [4.78, 5) is 22.8. The fourth-order valence-electron chi connectivity index (χ4n) is 5.48. The molecule has 6 rings (SSSR count). The minimum Gasteiger partial charge on any atom is -0.508 e. The van der Waals surface area contributed by atoms with E-state index in [2.05, 4.69) is 19.6 Å². The number of ether oxygens (including phenoxy) is 4. The highest BCUT2D eigenvalue weighted by Crippen LogP contribution is 2.16. The molecule has 0 bridgehead atoms. The molecule has 0 aromatic heterocycles. The third-order valence-electron chi connectivity index (χ3n) is 10.6. The SMILES string of the molecule is CC.CC.CC.CC.CC.CC.CN(C)CCCl.CN(C)CCCl.CN(C)CCOc1ccc(C=O)cc1.CN(C)CCOc1ccc(CCl)cc1.CN(C)CCOc1ccc(CO)cc1.CN(C)CCOc1ccc(CO)cc1.Cl.Cl.OCc1ccc(O)cc1.Oc1ccc(O)cc1. The maximum absolute atomic E-state index is 10.4. The highest BCUT2D eigenvalue weighted by Gasteiger charge is 2.00. The number of aldehydes is 1. The van der Waals surface area contributed by atoms with Crippen molar-refractivity contribution < 1.29 is 54.4 Å². The fraction of sp³-hybridized carbons (Fsp3) is 0.519. The molecule has 0 atom stereocenters.